The zero-order valence-corrected chi connectivity index (χ0v) is 14.3. The molecule has 3 rings (SSSR count). The third kappa shape index (κ3) is 3.74. The summed E-state index contributed by atoms with van der Waals surface area (Å²) in [5, 5.41) is 2.74. The van der Waals surface area contributed by atoms with E-state index in [1.807, 2.05) is 0 Å². The monoisotopic (exact) mass is 353 g/mol. The molecule has 0 saturated carbocycles. The summed E-state index contributed by atoms with van der Waals surface area (Å²) in [6.07, 6.45) is 1.61. The van der Waals surface area contributed by atoms with Crippen LogP contribution in [0.4, 0.5) is 14.9 Å². The van der Waals surface area contributed by atoms with Crippen molar-refractivity contribution >= 4 is 17.6 Å². The predicted octanol–water partition coefficient (Wildman–Crippen LogP) is 3.18. The van der Waals surface area contributed by atoms with E-state index in [1.165, 1.54) is 11.0 Å². The van der Waals surface area contributed by atoms with Crippen LogP contribution in [-0.2, 0) is 6.54 Å². The Labute approximate surface area is 151 Å². The summed E-state index contributed by atoms with van der Waals surface area (Å²) >= 11 is 0. The van der Waals surface area contributed by atoms with Crippen molar-refractivity contribution < 1.29 is 14.0 Å². The smallest absolute Gasteiger partial charge is 0.321 e. The lowest BCUT2D eigenvalue weighted by Crippen LogP contribution is -2.32. The van der Waals surface area contributed by atoms with Crippen LogP contribution in [0.2, 0.25) is 0 Å². The Balaban J connectivity index is 1.84. The summed E-state index contributed by atoms with van der Waals surface area (Å²) in [4.78, 5) is 27.9. The molecule has 0 unspecified atom stereocenters. The standard InChI is InChI=1S/C20H20FN3O2/c1-2-11-23(14-16-6-3-4-9-18(16)21)19(25)15-7-5-8-17(13-15)24-12-10-22-20(24)26/h2-9,13H,1,10-12,14H2,(H,22,26). The van der Waals surface area contributed by atoms with Gasteiger partial charge in [-0.05, 0) is 24.3 Å². The summed E-state index contributed by atoms with van der Waals surface area (Å²) < 4.78 is 14.0. The van der Waals surface area contributed by atoms with E-state index in [9.17, 15) is 14.0 Å². The number of rotatable bonds is 6. The number of nitrogens with zero attached hydrogens (tertiary/aromatic N) is 2. The molecule has 6 heteroatoms. The predicted molar refractivity (Wildman–Crippen MR) is 98.5 cm³/mol. The summed E-state index contributed by atoms with van der Waals surface area (Å²) in [5.74, 6) is -0.591. The Morgan fingerprint density at radius 1 is 1.27 bits per heavy atom. The fourth-order valence-electron chi connectivity index (χ4n) is 2.91. The van der Waals surface area contributed by atoms with Crippen molar-refractivity contribution in [2.45, 2.75) is 6.54 Å². The highest BCUT2D eigenvalue weighted by Gasteiger charge is 2.23. The Morgan fingerprint density at radius 2 is 2.08 bits per heavy atom. The van der Waals surface area contributed by atoms with Gasteiger partial charge in [0.2, 0.25) is 0 Å². The molecule has 0 aromatic heterocycles. The van der Waals surface area contributed by atoms with Crippen molar-refractivity contribution in [3.8, 4) is 0 Å². The average Bonchev–Trinajstić information content (AvgIpc) is 3.08. The fraction of sp³-hybridized carbons (Fsp3) is 0.200. The number of hydrogen-bond acceptors (Lipinski definition) is 2. The number of amides is 3. The van der Waals surface area contributed by atoms with Gasteiger partial charge in [0.25, 0.3) is 5.91 Å². The molecule has 1 fully saturated rings. The summed E-state index contributed by atoms with van der Waals surface area (Å²) in [5.41, 5.74) is 1.55. The number of urea groups is 1. The van der Waals surface area contributed by atoms with Gasteiger partial charge < -0.3 is 10.2 Å². The van der Waals surface area contributed by atoms with Gasteiger partial charge in [-0.15, -0.1) is 6.58 Å². The van der Waals surface area contributed by atoms with Gasteiger partial charge in [0.05, 0.1) is 0 Å². The molecule has 0 radical (unpaired) electrons. The lowest BCUT2D eigenvalue weighted by atomic mass is 10.1. The molecule has 2 aromatic rings. The second kappa shape index (κ2) is 7.82. The van der Waals surface area contributed by atoms with Gasteiger partial charge >= 0.3 is 6.03 Å². The Kier molecular flexibility index (Phi) is 5.31. The van der Waals surface area contributed by atoms with Gasteiger partial charge in [-0.2, -0.15) is 0 Å². The van der Waals surface area contributed by atoms with Crippen molar-refractivity contribution in [2.75, 3.05) is 24.5 Å². The Bertz CT molecular complexity index is 837. The van der Waals surface area contributed by atoms with Crippen molar-refractivity contribution in [3.05, 3.63) is 78.1 Å². The largest absolute Gasteiger partial charge is 0.336 e. The van der Waals surface area contributed by atoms with Crippen molar-refractivity contribution in [1.82, 2.24) is 10.2 Å². The first-order chi connectivity index (χ1) is 12.6. The van der Waals surface area contributed by atoms with E-state index in [-0.39, 0.29) is 24.3 Å². The molecule has 0 spiro atoms. The molecule has 0 aliphatic carbocycles. The van der Waals surface area contributed by atoms with E-state index in [1.54, 1.807) is 53.4 Å². The lowest BCUT2D eigenvalue weighted by Gasteiger charge is -2.22. The topological polar surface area (TPSA) is 52.7 Å². The van der Waals surface area contributed by atoms with Gasteiger partial charge in [0, 0.05) is 43.0 Å². The number of carbonyl (C=O) groups excluding carboxylic acids is 2. The van der Waals surface area contributed by atoms with Crippen LogP contribution >= 0.6 is 0 Å². The minimum absolute atomic E-state index is 0.145. The molecule has 1 N–H and O–H groups in total. The van der Waals surface area contributed by atoms with Crippen LogP contribution in [0.25, 0.3) is 0 Å². The van der Waals surface area contributed by atoms with Gasteiger partial charge in [0.1, 0.15) is 5.82 Å². The van der Waals surface area contributed by atoms with E-state index >= 15 is 0 Å². The molecule has 1 saturated heterocycles. The maximum atomic E-state index is 14.0. The normalized spacial score (nSPS) is 13.4. The third-order valence-corrected chi connectivity index (χ3v) is 4.22. The van der Waals surface area contributed by atoms with Crippen molar-refractivity contribution in [1.29, 1.82) is 0 Å². The Hall–Kier alpha value is -3.15. The second-order valence-corrected chi connectivity index (χ2v) is 6.00. The second-order valence-electron chi connectivity index (χ2n) is 6.00. The molecule has 2 aromatic carbocycles. The summed E-state index contributed by atoms with van der Waals surface area (Å²) in [7, 11) is 0. The maximum Gasteiger partial charge on any atom is 0.321 e. The highest BCUT2D eigenvalue weighted by Crippen LogP contribution is 2.20. The third-order valence-electron chi connectivity index (χ3n) is 4.22. The molecule has 26 heavy (non-hydrogen) atoms. The van der Waals surface area contributed by atoms with Gasteiger partial charge in [0.15, 0.2) is 0 Å². The highest BCUT2D eigenvalue weighted by atomic mass is 19.1. The first-order valence-electron chi connectivity index (χ1n) is 8.39. The number of halogens is 1. The van der Waals surface area contributed by atoms with E-state index < -0.39 is 0 Å². The lowest BCUT2D eigenvalue weighted by molar-refractivity contribution is 0.0761. The number of anilines is 1. The maximum absolute atomic E-state index is 14.0. The SMILES string of the molecule is C=CCN(Cc1ccccc1F)C(=O)c1cccc(N2CCNC2=O)c1. The van der Waals surface area contributed by atoms with Gasteiger partial charge in [-0.1, -0.05) is 30.3 Å². The minimum atomic E-state index is -0.350. The summed E-state index contributed by atoms with van der Waals surface area (Å²) in [6.45, 7) is 5.25. The quantitative estimate of drug-likeness (QED) is 0.811. The van der Waals surface area contributed by atoms with E-state index in [0.717, 1.165) is 0 Å². The number of nitrogens with one attached hydrogen (secondary N) is 1. The van der Waals surface area contributed by atoms with Crippen molar-refractivity contribution in [2.24, 2.45) is 0 Å². The van der Waals surface area contributed by atoms with Crippen LogP contribution < -0.4 is 10.2 Å². The zero-order chi connectivity index (χ0) is 18.5. The average molecular weight is 353 g/mol. The first-order valence-corrected chi connectivity index (χ1v) is 8.39. The van der Waals surface area contributed by atoms with E-state index in [4.69, 9.17) is 0 Å². The van der Waals surface area contributed by atoms with E-state index in [2.05, 4.69) is 11.9 Å². The minimum Gasteiger partial charge on any atom is -0.336 e. The molecule has 1 aliphatic rings. The van der Waals surface area contributed by atoms with Crippen LogP contribution in [0.5, 0.6) is 0 Å². The van der Waals surface area contributed by atoms with Gasteiger partial charge in [-0.25, -0.2) is 9.18 Å². The van der Waals surface area contributed by atoms with Crippen LogP contribution in [-0.4, -0.2) is 36.5 Å². The summed E-state index contributed by atoms with van der Waals surface area (Å²) in [6, 6.07) is 13.1. The van der Waals surface area contributed by atoms with Crippen LogP contribution in [0.1, 0.15) is 15.9 Å². The molecular weight excluding hydrogens is 333 g/mol. The molecule has 1 aliphatic heterocycles. The van der Waals surface area contributed by atoms with Gasteiger partial charge in [-0.3, -0.25) is 9.69 Å². The van der Waals surface area contributed by atoms with Crippen molar-refractivity contribution in [3.63, 3.8) is 0 Å². The number of carbonyl (C=O) groups is 2. The molecule has 0 atom stereocenters. The zero-order valence-electron chi connectivity index (χ0n) is 14.3. The van der Waals surface area contributed by atoms with Crippen LogP contribution in [0, 0.1) is 5.82 Å². The fourth-order valence-corrected chi connectivity index (χ4v) is 2.91. The van der Waals surface area contributed by atoms with Crippen LogP contribution in [0.15, 0.2) is 61.2 Å². The Morgan fingerprint density at radius 3 is 2.77 bits per heavy atom. The highest BCUT2D eigenvalue weighted by molar-refractivity contribution is 5.98. The molecular formula is C20H20FN3O2. The number of benzene rings is 2. The first kappa shape index (κ1) is 17.7. The molecule has 1 heterocycles. The van der Waals surface area contributed by atoms with Crippen LogP contribution in [0.3, 0.4) is 0 Å². The molecule has 3 amide bonds. The molecule has 0 bridgehead atoms. The molecule has 5 nitrogen and oxygen atoms in total. The number of hydrogen-bond donors (Lipinski definition) is 1. The molecule has 134 valence electrons. The van der Waals surface area contributed by atoms with E-state index in [0.29, 0.717) is 36.4 Å².